The highest BCUT2D eigenvalue weighted by atomic mass is 16.5. The van der Waals surface area contributed by atoms with Crippen LogP contribution in [0.2, 0.25) is 0 Å². The minimum Gasteiger partial charge on any atom is -0.491 e. The second-order valence-corrected chi connectivity index (χ2v) is 8.26. The van der Waals surface area contributed by atoms with Crippen molar-refractivity contribution in [2.45, 2.75) is 32.5 Å². The summed E-state index contributed by atoms with van der Waals surface area (Å²) >= 11 is 0. The first-order chi connectivity index (χ1) is 15.6. The van der Waals surface area contributed by atoms with E-state index in [2.05, 4.69) is 44.8 Å². The Balaban J connectivity index is 1.32. The van der Waals surface area contributed by atoms with Crippen LogP contribution in [0, 0.1) is 0 Å². The van der Waals surface area contributed by atoms with Crippen molar-refractivity contribution in [1.82, 2.24) is 15.6 Å². The molecule has 1 aliphatic heterocycles. The summed E-state index contributed by atoms with van der Waals surface area (Å²) in [6.07, 6.45) is 1.80. The number of hydrogen-bond acceptors (Lipinski definition) is 5. The van der Waals surface area contributed by atoms with Crippen LogP contribution in [0.25, 0.3) is 0 Å². The highest BCUT2D eigenvalue weighted by Crippen LogP contribution is 2.21. The molecule has 2 N–H and O–H groups in total. The zero-order valence-corrected chi connectivity index (χ0v) is 18.6. The standard InChI is InChI=1S/C26H30N4O2/c1-19(2)32-23-11-8-20(9-12-23)16-29-26(31)22-10-13-25(28-17-22)30-15-14-27-24(18-30)21-6-4-3-5-7-21/h3-13,17,19,24,27H,14-16,18H2,1-2H3,(H,29,31)/t24-/m1/s1. The minimum absolute atomic E-state index is 0.131. The van der Waals surface area contributed by atoms with E-state index in [1.165, 1.54) is 5.56 Å². The lowest BCUT2D eigenvalue weighted by atomic mass is 10.0. The normalized spacial score (nSPS) is 16.1. The molecule has 0 saturated carbocycles. The number of benzene rings is 2. The molecule has 1 atom stereocenters. The molecular formula is C26H30N4O2. The van der Waals surface area contributed by atoms with E-state index in [0.29, 0.717) is 12.1 Å². The zero-order chi connectivity index (χ0) is 22.3. The Bertz CT molecular complexity index is 1000. The number of nitrogens with one attached hydrogen (secondary N) is 2. The molecule has 0 bridgehead atoms. The third-order valence-electron chi connectivity index (χ3n) is 5.46. The van der Waals surface area contributed by atoms with Gasteiger partial charge in [-0.1, -0.05) is 42.5 Å². The zero-order valence-electron chi connectivity index (χ0n) is 18.6. The van der Waals surface area contributed by atoms with Crippen molar-refractivity contribution in [3.63, 3.8) is 0 Å². The molecule has 6 heteroatoms. The molecule has 0 unspecified atom stereocenters. The highest BCUT2D eigenvalue weighted by Gasteiger charge is 2.21. The van der Waals surface area contributed by atoms with Gasteiger partial charge in [0.1, 0.15) is 11.6 Å². The number of carbonyl (C=O) groups excluding carboxylic acids is 1. The van der Waals surface area contributed by atoms with Gasteiger partial charge in [-0.25, -0.2) is 4.98 Å². The maximum absolute atomic E-state index is 12.6. The molecule has 0 aliphatic carbocycles. The Labute approximate surface area is 189 Å². The molecular weight excluding hydrogens is 400 g/mol. The van der Waals surface area contributed by atoms with Crippen LogP contribution in [-0.4, -0.2) is 36.6 Å². The van der Waals surface area contributed by atoms with Gasteiger partial charge in [-0.3, -0.25) is 4.79 Å². The number of ether oxygens (including phenoxy) is 1. The fraction of sp³-hybridized carbons (Fsp3) is 0.308. The molecule has 3 aromatic rings. The SMILES string of the molecule is CC(C)Oc1ccc(CNC(=O)c2ccc(N3CCN[C@@H](c4ccccc4)C3)nc2)cc1. The van der Waals surface area contributed by atoms with E-state index in [1.807, 2.05) is 56.3 Å². The molecule has 6 nitrogen and oxygen atoms in total. The van der Waals surface area contributed by atoms with Gasteiger partial charge in [-0.2, -0.15) is 0 Å². The van der Waals surface area contributed by atoms with Gasteiger partial charge < -0.3 is 20.3 Å². The van der Waals surface area contributed by atoms with Gasteiger partial charge in [-0.05, 0) is 49.2 Å². The predicted octanol–water partition coefficient (Wildman–Crippen LogP) is 3.95. The van der Waals surface area contributed by atoms with Crippen molar-refractivity contribution in [1.29, 1.82) is 0 Å². The number of carbonyl (C=O) groups is 1. The lowest BCUT2D eigenvalue weighted by Gasteiger charge is -2.34. The van der Waals surface area contributed by atoms with Crippen molar-refractivity contribution in [2.24, 2.45) is 0 Å². The maximum atomic E-state index is 12.6. The van der Waals surface area contributed by atoms with Gasteiger partial charge >= 0.3 is 0 Å². The summed E-state index contributed by atoms with van der Waals surface area (Å²) in [4.78, 5) is 19.4. The summed E-state index contributed by atoms with van der Waals surface area (Å²) in [7, 11) is 0. The van der Waals surface area contributed by atoms with Crippen molar-refractivity contribution < 1.29 is 9.53 Å². The van der Waals surface area contributed by atoms with Crippen LogP contribution in [0.1, 0.15) is 41.4 Å². The largest absolute Gasteiger partial charge is 0.491 e. The highest BCUT2D eigenvalue weighted by molar-refractivity contribution is 5.94. The number of rotatable bonds is 7. The molecule has 2 aromatic carbocycles. The van der Waals surface area contributed by atoms with E-state index in [4.69, 9.17) is 4.74 Å². The quantitative estimate of drug-likeness (QED) is 0.594. The molecule has 166 valence electrons. The molecule has 1 amide bonds. The van der Waals surface area contributed by atoms with Gasteiger partial charge in [0, 0.05) is 38.4 Å². The van der Waals surface area contributed by atoms with Crippen LogP contribution in [0.15, 0.2) is 72.9 Å². The molecule has 0 spiro atoms. The first kappa shape index (κ1) is 21.8. The predicted molar refractivity (Wildman–Crippen MR) is 127 cm³/mol. The van der Waals surface area contributed by atoms with Crippen molar-refractivity contribution in [3.05, 3.63) is 89.6 Å². The van der Waals surface area contributed by atoms with E-state index in [-0.39, 0.29) is 18.1 Å². The van der Waals surface area contributed by atoms with Crippen LogP contribution in [0.5, 0.6) is 5.75 Å². The Hall–Kier alpha value is -3.38. The number of amides is 1. The van der Waals surface area contributed by atoms with Crippen LogP contribution in [0.3, 0.4) is 0 Å². The summed E-state index contributed by atoms with van der Waals surface area (Å²) in [5, 5.41) is 6.53. The van der Waals surface area contributed by atoms with Crippen molar-refractivity contribution >= 4 is 11.7 Å². The van der Waals surface area contributed by atoms with Crippen LogP contribution in [0.4, 0.5) is 5.82 Å². The van der Waals surface area contributed by atoms with E-state index in [0.717, 1.165) is 36.8 Å². The average Bonchev–Trinajstić information content (AvgIpc) is 2.84. The number of hydrogen-bond donors (Lipinski definition) is 2. The number of pyridine rings is 1. The third kappa shape index (κ3) is 5.65. The number of nitrogens with zero attached hydrogens (tertiary/aromatic N) is 2. The molecule has 1 fully saturated rings. The molecule has 2 heterocycles. The van der Waals surface area contributed by atoms with Gasteiger partial charge in [-0.15, -0.1) is 0 Å². The first-order valence-electron chi connectivity index (χ1n) is 11.1. The summed E-state index contributed by atoms with van der Waals surface area (Å²) < 4.78 is 5.65. The molecule has 1 aliphatic rings. The minimum atomic E-state index is -0.131. The summed E-state index contributed by atoms with van der Waals surface area (Å²) in [5.41, 5.74) is 2.85. The van der Waals surface area contributed by atoms with Gasteiger partial charge in [0.2, 0.25) is 0 Å². The van der Waals surface area contributed by atoms with E-state index in [9.17, 15) is 4.79 Å². The summed E-state index contributed by atoms with van der Waals surface area (Å²) in [6, 6.07) is 22.3. The molecule has 4 rings (SSSR count). The Morgan fingerprint density at radius 1 is 1.12 bits per heavy atom. The second kappa shape index (κ2) is 10.3. The van der Waals surface area contributed by atoms with E-state index >= 15 is 0 Å². The third-order valence-corrected chi connectivity index (χ3v) is 5.46. The average molecular weight is 431 g/mol. The van der Waals surface area contributed by atoms with Crippen LogP contribution >= 0.6 is 0 Å². The Kier molecular flexibility index (Phi) is 7.02. The Morgan fingerprint density at radius 2 is 1.91 bits per heavy atom. The Morgan fingerprint density at radius 3 is 2.59 bits per heavy atom. The fourth-order valence-corrected chi connectivity index (χ4v) is 3.82. The molecule has 1 saturated heterocycles. The lowest BCUT2D eigenvalue weighted by molar-refractivity contribution is 0.0950. The maximum Gasteiger partial charge on any atom is 0.253 e. The van der Waals surface area contributed by atoms with Crippen molar-refractivity contribution in [2.75, 3.05) is 24.5 Å². The van der Waals surface area contributed by atoms with E-state index in [1.54, 1.807) is 6.20 Å². The van der Waals surface area contributed by atoms with Gasteiger partial charge in [0.15, 0.2) is 0 Å². The monoisotopic (exact) mass is 430 g/mol. The van der Waals surface area contributed by atoms with Crippen molar-refractivity contribution in [3.8, 4) is 5.75 Å². The smallest absolute Gasteiger partial charge is 0.253 e. The molecule has 1 aromatic heterocycles. The summed E-state index contributed by atoms with van der Waals surface area (Å²) in [5.74, 6) is 1.59. The fourth-order valence-electron chi connectivity index (χ4n) is 3.82. The van der Waals surface area contributed by atoms with E-state index < -0.39 is 0 Å². The number of anilines is 1. The van der Waals surface area contributed by atoms with Crippen LogP contribution < -0.4 is 20.3 Å². The molecule has 0 radical (unpaired) electrons. The number of aromatic nitrogens is 1. The summed E-state index contributed by atoms with van der Waals surface area (Å²) in [6.45, 7) is 7.08. The van der Waals surface area contributed by atoms with Crippen LogP contribution in [-0.2, 0) is 6.54 Å². The number of piperazine rings is 1. The van der Waals surface area contributed by atoms with Gasteiger partial charge in [0.25, 0.3) is 5.91 Å². The topological polar surface area (TPSA) is 66.5 Å². The van der Waals surface area contributed by atoms with Gasteiger partial charge in [0.05, 0.1) is 11.7 Å². The second-order valence-electron chi connectivity index (χ2n) is 8.26. The molecule has 32 heavy (non-hydrogen) atoms. The first-order valence-corrected chi connectivity index (χ1v) is 11.1. The lowest BCUT2D eigenvalue weighted by Crippen LogP contribution is -2.46.